The minimum atomic E-state index is -0.452. The van der Waals surface area contributed by atoms with Crippen molar-refractivity contribution in [2.75, 3.05) is 7.11 Å². The molecule has 11 heteroatoms. The number of Topliss-reactive ketones (excluding diaryl/α,β-unsaturated/α-hetero) is 1. The Morgan fingerprint density at radius 3 is 2.51 bits per heavy atom. The molecule has 0 bridgehead atoms. The third-order valence-corrected chi connectivity index (χ3v) is 6.15. The molecule has 0 spiro atoms. The van der Waals surface area contributed by atoms with E-state index in [0.29, 0.717) is 42.8 Å². The van der Waals surface area contributed by atoms with Gasteiger partial charge in [-0.1, -0.05) is 31.9 Å². The topological polar surface area (TPSA) is 124 Å². The fraction of sp³-hybridized carbons (Fsp3) is 0.417. The summed E-state index contributed by atoms with van der Waals surface area (Å²) in [5.41, 5.74) is 0.849. The van der Waals surface area contributed by atoms with Crippen LogP contribution in [0.15, 0.2) is 44.1 Å². The van der Waals surface area contributed by atoms with E-state index in [4.69, 9.17) is 16.3 Å². The van der Waals surface area contributed by atoms with Gasteiger partial charge in [-0.3, -0.25) is 18.7 Å². The highest BCUT2D eigenvalue weighted by molar-refractivity contribution is 6.71. The molecule has 0 unspecified atom stereocenters. The molecule has 1 aliphatic heterocycles. The number of imidazole rings is 1. The van der Waals surface area contributed by atoms with E-state index < -0.39 is 11.2 Å². The van der Waals surface area contributed by atoms with Gasteiger partial charge in [-0.15, -0.1) is 5.10 Å². The van der Waals surface area contributed by atoms with Crippen LogP contribution in [0.25, 0.3) is 11.2 Å². The summed E-state index contributed by atoms with van der Waals surface area (Å²) in [6.07, 6.45) is 4.21. The van der Waals surface area contributed by atoms with Gasteiger partial charge in [0.1, 0.15) is 17.2 Å². The number of benzene rings is 1. The quantitative estimate of drug-likeness (QED) is 0.321. The van der Waals surface area contributed by atoms with Crippen molar-refractivity contribution in [1.82, 2.24) is 19.1 Å². The highest BCUT2D eigenvalue weighted by atomic mass is 35.5. The first-order valence-corrected chi connectivity index (χ1v) is 12.1. The largest absolute Gasteiger partial charge is 0.496 e. The van der Waals surface area contributed by atoms with Crippen molar-refractivity contribution in [3.63, 3.8) is 0 Å². The van der Waals surface area contributed by atoms with Gasteiger partial charge < -0.3 is 9.72 Å². The Hall–Kier alpha value is -3.53. The number of hydrogen-bond acceptors (Lipinski definition) is 7. The minimum Gasteiger partial charge on any atom is -0.496 e. The van der Waals surface area contributed by atoms with Crippen LogP contribution >= 0.6 is 11.6 Å². The first-order chi connectivity index (χ1) is 17.0. The summed E-state index contributed by atoms with van der Waals surface area (Å²) in [7, 11) is 1.54. The van der Waals surface area contributed by atoms with Crippen LogP contribution in [-0.4, -0.2) is 43.4 Å². The van der Waals surface area contributed by atoms with Crippen LogP contribution in [0.2, 0.25) is 5.28 Å². The van der Waals surface area contributed by atoms with Crippen LogP contribution in [0.1, 0.15) is 51.0 Å². The maximum Gasteiger partial charge on any atom is 0.332 e. The van der Waals surface area contributed by atoms with Crippen molar-refractivity contribution < 1.29 is 9.53 Å². The summed E-state index contributed by atoms with van der Waals surface area (Å²) in [5.74, 6) is 0.318. The second-order valence-electron chi connectivity index (χ2n) is 8.31. The van der Waals surface area contributed by atoms with E-state index in [9.17, 15) is 14.4 Å². The fourth-order valence-electron chi connectivity index (χ4n) is 4.14. The van der Waals surface area contributed by atoms with Gasteiger partial charge in [0.05, 0.1) is 7.11 Å². The van der Waals surface area contributed by atoms with Crippen LogP contribution in [-0.2, 0) is 17.9 Å². The summed E-state index contributed by atoms with van der Waals surface area (Å²) in [6, 6.07) is 7.16. The molecular weight excluding hydrogens is 472 g/mol. The number of aryl methyl sites for hydroxylation is 1. The molecule has 3 heterocycles. The summed E-state index contributed by atoms with van der Waals surface area (Å²) < 4.78 is 8.03. The van der Waals surface area contributed by atoms with E-state index in [1.165, 1.54) is 16.2 Å². The Morgan fingerprint density at radius 2 is 1.74 bits per heavy atom. The molecule has 184 valence electrons. The van der Waals surface area contributed by atoms with Gasteiger partial charge in [-0.05, 0) is 49.4 Å². The van der Waals surface area contributed by atoms with Crippen molar-refractivity contribution >= 4 is 40.0 Å². The van der Waals surface area contributed by atoms with Gasteiger partial charge in [0.15, 0.2) is 11.2 Å². The number of nitrogens with zero attached hydrogens (tertiary/aromatic N) is 5. The predicted octanol–water partition coefficient (Wildman–Crippen LogP) is 3.34. The average Bonchev–Trinajstić information content (AvgIpc) is 3.43. The molecule has 0 atom stereocenters. The van der Waals surface area contributed by atoms with Crippen LogP contribution in [0.5, 0.6) is 5.75 Å². The summed E-state index contributed by atoms with van der Waals surface area (Å²) in [4.78, 5) is 45.7. The fourth-order valence-corrected chi connectivity index (χ4v) is 4.31. The van der Waals surface area contributed by atoms with Crippen LogP contribution in [0.4, 0.5) is 0 Å². The van der Waals surface area contributed by atoms with E-state index >= 15 is 0 Å². The Morgan fingerprint density at radius 1 is 1.00 bits per heavy atom. The van der Waals surface area contributed by atoms with Gasteiger partial charge >= 0.3 is 5.69 Å². The zero-order chi connectivity index (χ0) is 24.9. The number of ether oxygens (including phenoxy) is 1. The molecule has 3 aromatic rings. The lowest BCUT2D eigenvalue weighted by Crippen LogP contribution is -2.40. The number of unbranched alkanes of at least 4 members (excludes halogenated alkanes) is 3. The zero-order valence-corrected chi connectivity index (χ0v) is 20.5. The van der Waals surface area contributed by atoms with E-state index in [2.05, 4.69) is 27.1 Å². The number of methoxy groups -OCH3 is 1. The van der Waals surface area contributed by atoms with Crippen molar-refractivity contribution in [2.45, 2.75) is 58.5 Å². The maximum absolute atomic E-state index is 13.1. The molecule has 2 aromatic heterocycles. The number of aromatic nitrogens is 4. The third-order valence-electron chi connectivity index (χ3n) is 5.97. The van der Waals surface area contributed by atoms with Crippen LogP contribution < -0.4 is 16.0 Å². The SMILES string of the molecule is CCCCCn1c(=O)n(CCCCC2=NN=C(c3ccccc3OC)C2=O)c(=O)c2[nH]c(Cl)nc21. The Labute approximate surface area is 206 Å². The summed E-state index contributed by atoms with van der Waals surface area (Å²) >= 11 is 5.99. The Balaban J connectivity index is 1.43. The maximum atomic E-state index is 13.1. The molecule has 4 rings (SSSR count). The highest BCUT2D eigenvalue weighted by Gasteiger charge is 2.27. The monoisotopic (exact) mass is 498 g/mol. The van der Waals surface area contributed by atoms with Gasteiger partial charge in [0.25, 0.3) is 5.56 Å². The van der Waals surface area contributed by atoms with Crippen LogP contribution in [0.3, 0.4) is 0 Å². The Bertz CT molecular complexity index is 1430. The molecule has 0 amide bonds. The normalized spacial score (nSPS) is 13.4. The van der Waals surface area contributed by atoms with Gasteiger partial charge in [-0.25, -0.2) is 4.79 Å². The number of ketones is 1. The molecule has 35 heavy (non-hydrogen) atoms. The predicted molar refractivity (Wildman–Crippen MR) is 135 cm³/mol. The number of rotatable bonds is 11. The van der Waals surface area contributed by atoms with E-state index in [1.807, 2.05) is 12.1 Å². The number of H-pyrrole nitrogens is 1. The number of nitrogens with one attached hydrogen (secondary N) is 1. The molecule has 0 saturated carbocycles. The van der Waals surface area contributed by atoms with E-state index in [-0.39, 0.29) is 34.5 Å². The number of para-hydroxylation sites is 1. The standard InChI is InChI=1S/C24H27ClN6O4/c1-3-4-8-13-30-21-19(26-23(25)27-21)22(33)31(24(30)34)14-9-7-11-16-20(32)18(29-28-16)15-10-5-6-12-17(15)35-2/h5-6,10,12H,3-4,7-9,11,13-14H2,1-2H3,(H,26,27). The molecule has 1 aromatic carbocycles. The van der Waals surface area contributed by atoms with Gasteiger partial charge in [0.2, 0.25) is 11.1 Å². The molecule has 0 radical (unpaired) electrons. The molecule has 0 aliphatic carbocycles. The second-order valence-corrected chi connectivity index (χ2v) is 8.66. The van der Waals surface area contributed by atoms with E-state index in [0.717, 1.165) is 19.3 Å². The first kappa shape index (κ1) is 24.6. The number of aromatic amines is 1. The second kappa shape index (κ2) is 10.8. The zero-order valence-electron chi connectivity index (χ0n) is 19.7. The lowest BCUT2D eigenvalue weighted by atomic mass is 10.0. The summed E-state index contributed by atoms with van der Waals surface area (Å²) in [5, 5.41) is 8.21. The van der Waals surface area contributed by atoms with Crippen molar-refractivity contribution in [1.29, 1.82) is 0 Å². The molecule has 1 aliphatic rings. The van der Waals surface area contributed by atoms with E-state index in [1.54, 1.807) is 12.1 Å². The molecule has 10 nitrogen and oxygen atoms in total. The number of halogens is 1. The number of carbonyl (C=O) groups is 1. The number of fused-ring (bicyclic) bond motifs is 1. The lowest BCUT2D eigenvalue weighted by molar-refractivity contribution is -0.107. The van der Waals surface area contributed by atoms with Crippen molar-refractivity contribution in [2.24, 2.45) is 10.2 Å². The molecule has 0 fully saturated rings. The smallest absolute Gasteiger partial charge is 0.332 e. The highest BCUT2D eigenvalue weighted by Crippen LogP contribution is 2.22. The van der Waals surface area contributed by atoms with Gasteiger partial charge in [-0.2, -0.15) is 10.1 Å². The summed E-state index contributed by atoms with van der Waals surface area (Å²) in [6.45, 7) is 2.74. The number of hydrogen-bond donors (Lipinski definition) is 1. The first-order valence-electron chi connectivity index (χ1n) is 11.7. The minimum absolute atomic E-state index is 0.0714. The Kier molecular flexibility index (Phi) is 7.60. The van der Waals surface area contributed by atoms with Crippen LogP contribution in [0, 0.1) is 0 Å². The molecular formula is C24H27ClN6O4. The van der Waals surface area contributed by atoms with Gasteiger partial charge in [0, 0.05) is 18.7 Å². The number of carbonyl (C=O) groups excluding carboxylic acids is 1. The lowest BCUT2D eigenvalue weighted by Gasteiger charge is -2.11. The van der Waals surface area contributed by atoms with Crippen molar-refractivity contribution in [3.8, 4) is 5.75 Å². The molecule has 1 N–H and O–H groups in total. The van der Waals surface area contributed by atoms with Crippen molar-refractivity contribution in [3.05, 3.63) is 56.0 Å². The molecule has 0 saturated heterocycles. The average molecular weight is 499 g/mol. The third kappa shape index (κ3) is 4.97.